The maximum atomic E-state index is 5.15. The minimum atomic E-state index is 0. The molecule has 1 rings (SSSR count). The summed E-state index contributed by atoms with van der Waals surface area (Å²) in [4.78, 5) is 0. The van der Waals surface area contributed by atoms with E-state index in [9.17, 15) is 0 Å². The average molecular weight is 102 g/mol. The van der Waals surface area contributed by atoms with E-state index in [-0.39, 0.29) is 7.43 Å². The molecule has 1 heterocycles. The predicted molar refractivity (Wildman–Crippen MR) is 31.4 cm³/mol. The quantitative estimate of drug-likeness (QED) is 0.453. The monoisotopic (exact) mass is 102 g/mol. The van der Waals surface area contributed by atoms with E-state index in [2.05, 4.69) is 6.92 Å². The van der Waals surface area contributed by atoms with Crippen molar-refractivity contribution in [3.63, 3.8) is 0 Å². The van der Waals surface area contributed by atoms with Crippen molar-refractivity contribution >= 4 is 0 Å². The minimum Gasteiger partial charge on any atom is -0.379 e. The highest BCUT2D eigenvalue weighted by atomic mass is 16.5. The van der Waals surface area contributed by atoms with Crippen molar-refractivity contribution in [2.75, 3.05) is 6.61 Å². The van der Waals surface area contributed by atoms with E-state index >= 15 is 0 Å². The van der Waals surface area contributed by atoms with Gasteiger partial charge in [-0.15, -0.1) is 0 Å². The van der Waals surface area contributed by atoms with Crippen LogP contribution in [0.2, 0.25) is 0 Å². The Balaban J connectivity index is 0.000000360. The van der Waals surface area contributed by atoms with Crippen LogP contribution in [0.5, 0.6) is 0 Å². The lowest BCUT2D eigenvalue weighted by atomic mass is 10.3. The molecular weight excluding hydrogens is 88.1 g/mol. The molecule has 1 aliphatic heterocycles. The van der Waals surface area contributed by atoms with E-state index in [4.69, 9.17) is 4.74 Å². The molecule has 1 aliphatic rings. The van der Waals surface area contributed by atoms with Crippen LogP contribution >= 0.6 is 0 Å². The first-order chi connectivity index (χ1) is 2.89. The summed E-state index contributed by atoms with van der Waals surface area (Å²) in [5.74, 6) is 0. The summed E-state index contributed by atoms with van der Waals surface area (Å²) in [5, 5.41) is 0. The third kappa shape index (κ3) is 1.93. The zero-order valence-corrected chi connectivity index (χ0v) is 4.11. The summed E-state index contributed by atoms with van der Waals surface area (Å²) in [6, 6.07) is 0. The Morgan fingerprint density at radius 1 is 1.57 bits per heavy atom. The summed E-state index contributed by atoms with van der Waals surface area (Å²) in [6.45, 7) is 3.11. The normalized spacial score (nSPS) is 29.6. The molecule has 0 aromatic rings. The van der Waals surface area contributed by atoms with Crippen LogP contribution in [0.3, 0.4) is 0 Å². The third-order valence-corrected chi connectivity index (χ3v) is 1.16. The Labute approximate surface area is 45.7 Å². The summed E-state index contributed by atoms with van der Waals surface area (Å²) in [5.41, 5.74) is 0. The predicted octanol–water partition coefficient (Wildman–Crippen LogP) is 1.82. The fourth-order valence-electron chi connectivity index (χ4n) is 0.739. The molecular formula is C6H14O. The Morgan fingerprint density at radius 3 is 2.43 bits per heavy atom. The molecule has 0 aromatic heterocycles. The van der Waals surface area contributed by atoms with Crippen molar-refractivity contribution in [3.8, 4) is 0 Å². The van der Waals surface area contributed by atoms with E-state index in [1.165, 1.54) is 12.8 Å². The molecule has 44 valence electrons. The van der Waals surface area contributed by atoms with Gasteiger partial charge >= 0.3 is 0 Å². The van der Waals surface area contributed by atoms with Crippen molar-refractivity contribution in [2.24, 2.45) is 0 Å². The highest BCUT2D eigenvalue weighted by Crippen LogP contribution is 2.09. The van der Waals surface area contributed by atoms with Gasteiger partial charge in [-0.25, -0.2) is 0 Å². The molecule has 0 aliphatic carbocycles. The molecule has 1 saturated heterocycles. The largest absolute Gasteiger partial charge is 0.379 e. The average Bonchev–Trinajstić information content (AvgIpc) is 1.86. The first kappa shape index (κ1) is 6.96. The van der Waals surface area contributed by atoms with Crippen molar-refractivity contribution in [1.82, 2.24) is 0 Å². The van der Waals surface area contributed by atoms with Crippen LogP contribution in [0.4, 0.5) is 0 Å². The molecule has 1 heteroatoms. The van der Waals surface area contributed by atoms with Gasteiger partial charge in [0.2, 0.25) is 0 Å². The lowest BCUT2D eigenvalue weighted by molar-refractivity contribution is 0.125. The summed E-state index contributed by atoms with van der Waals surface area (Å²) in [6.07, 6.45) is 3.08. The van der Waals surface area contributed by atoms with Gasteiger partial charge in [0.05, 0.1) is 6.10 Å². The van der Waals surface area contributed by atoms with Crippen LogP contribution in [0, 0.1) is 0 Å². The summed E-state index contributed by atoms with van der Waals surface area (Å²) < 4.78 is 5.15. The topological polar surface area (TPSA) is 9.23 Å². The van der Waals surface area contributed by atoms with Crippen LogP contribution in [-0.4, -0.2) is 12.7 Å². The highest BCUT2D eigenvalue weighted by molar-refractivity contribution is 4.56. The Morgan fingerprint density at radius 2 is 2.29 bits per heavy atom. The van der Waals surface area contributed by atoms with Crippen LogP contribution < -0.4 is 0 Å². The van der Waals surface area contributed by atoms with Crippen molar-refractivity contribution < 1.29 is 4.74 Å². The lowest BCUT2D eigenvalue weighted by Gasteiger charge is -1.94. The van der Waals surface area contributed by atoms with Crippen molar-refractivity contribution in [3.05, 3.63) is 0 Å². The number of hydrogen-bond donors (Lipinski definition) is 0. The van der Waals surface area contributed by atoms with E-state index in [0.29, 0.717) is 6.10 Å². The molecule has 0 amide bonds. The Hall–Kier alpha value is -0.0400. The molecule has 0 bridgehead atoms. The van der Waals surface area contributed by atoms with Gasteiger partial charge in [-0.1, -0.05) is 7.43 Å². The fraction of sp³-hybridized carbons (Fsp3) is 1.00. The number of ether oxygens (including phenoxy) is 1. The van der Waals surface area contributed by atoms with Gasteiger partial charge in [0, 0.05) is 6.61 Å². The second-order valence-electron chi connectivity index (χ2n) is 1.82. The smallest absolute Gasteiger partial charge is 0.0547 e. The number of hydrogen-bond acceptors (Lipinski definition) is 1. The fourth-order valence-corrected chi connectivity index (χ4v) is 0.739. The first-order valence-electron chi connectivity index (χ1n) is 2.51. The van der Waals surface area contributed by atoms with Gasteiger partial charge < -0.3 is 4.74 Å². The van der Waals surface area contributed by atoms with Gasteiger partial charge in [-0.2, -0.15) is 0 Å². The molecule has 0 N–H and O–H groups in total. The zero-order chi connectivity index (χ0) is 4.41. The van der Waals surface area contributed by atoms with Crippen LogP contribution in [0.1, 0.15) is 27.2 Å². The lowest BCUT2D eigenvalue weighted by Crippen LogP contribution is -1.94. The van der Waals surface area contributed by atoms with E-state index in [1.807, 2.05) is 0 Å². The second-order valence-corrected chi connectivity index (χ2v) is 1.82. The van der Waals surface area contributed by atoms with Crippen LogP contribution in [-0.2, 0) is 4.74 Å². The van der Waals surface area contributed by atoms with Crippen molar-refractivity contribution in [1.29, 1.82) is 0 Å². The second kappa shape index (κ2) is 3.03. The SMILES string of the molecule is C.C[C@H]1CCCO1. The maximum Gasteiger partial charge on any atom is 0.0547 e. The molecule has 0 radical (unpaired) electrons. The third-order valence-electron chi connectivity index (χ3n) is 1.16. The van der Waals surface area contributed by atoms with Gasteiger partial charge in [0.1, 0.15) is 0 Å². The first-order valence-corrected chi connectivity index (χ1v) is 2.51. The number of rotatable bonds is 0. The molecule has 1 fully saturated rings. The van der Waals surface area contributed by atoms with Gasteiger partial charge in [0.15, 0.2) is 0 Å². The molecule has 7 heavy (non-hydrogen) atoms. The molecule has 0 spiro atoms. The van der Waals surface area contributed by atoms with Crippen LogP contribution in [0.25, 0.3) is 0 Å². The minimum absolute atomic E-state index is 0. The van der Waals surface area contributed by atoms with E-state index < -0.39 is 0 Å². The molecule has 1 nitrogen and oxygen atoms in total. The van der Waals surface area contributed by atoms with Gasteiger partial charge in [-0.05, 0) is 19.8 Å². The zero-order valence-electron chi connectivity index (χ0n) is 4.11. The standard InChI is InChI=1S/C5H10O.CH4/c1-5-3-2-4-6-5;/h5H,2-4H2,1H3;1H4/t5-;/m0./s1. The summed E-state index contributed by atoms with van der Waals surface area (Å²) in [7, 11) is 0. The van der Waals surface area contributed by atoms with Crippen LogP contribution in [0.15, 0.2) is 0 Å². The molecule has 0 unspecified atom stereocenters. The van der Waals surface area contributed by atoms with Gasteiger partial charge in [-0.3, -0.25) is 0 Å². The molecule has 0 aromatic carbocycles. The van der Waals surface area contributed by atoms with E-state index in [1.54, 1.807) is 0 Å². The maximum absolute atomic E-state index is 5.15. The summed E-state index contributed by atoms with van der Waals surface area (Å²) >= 11 is 0. The van der Waals surface area contributed by atoms with Crippen molar-refractivity contribution in [2.45, 2.75) is 33.3 Å². The molecule has 1 atom stereocenters. The Kier molecular flexibility index (Phi) is 3.01. The Bertz CT molecular complexity index is 37.4. The van der Waals surface area contributed by atoms with Gasteiger partial charge in [0.25, 0.3) is 0 Å². The molecule has 0 saturated carbocycles. The van der Waals surface area contributed by atoms with E-state index in [0.717, 1.165) is 6.61 Å². The highest BCUT2D eigenvalue weighted by Gasteiger charge is 2.07.